The highest BCUT2D eigenvalue weighted by atomic mass is 32.1. The zero-order chi connectivity index (χ0) is 19.1. The molecule has 138 valence electrons. The van der Waals surface area contributed by atoms with Crippen molar-refractivity contribution in [2.24, 2.45) is 0 Å². The van der Waals surface area contributed by atoms with Crippen LogP contribution in [0.5, 0.6) is 0 Å². The summed E-state index contributed by atoms with van der Waals surface area (Å²) in [6, 6.07) is 14.9. The maximum absolute atomic E-state index is 12.4. The number of benzene rings is 1. The molecule has 27 heavy (non-hydrogen) atoms. The van der Waals surface area contributed by atoms with E-state index in [9.17, 15) is 9.59 Å². The Balaban J connectivity index is 1.76. The van der Waals surface area contributed by atoms with Gasteiger partial charge in [0.25, 0.3) is 5.91 Å². The van der Waals surface area contributed by atoms with Crippen LogP contribution >= 0.6 is 11.3 Å². The van der Waals surface area contributed by atoms with Gasteiger partial charge in [-0.25, -0.2) is 9.97 Å². The van der Waals surface area contributed by atoms with Crippen molar-refractivity contribution in [3.63, 3.8) is 0 Å². The summed E-state index contributed by atoms with van der Waals surface area (Å²) in [6.07, 6.45) is 2.61. The van der Waals surface area contributed by atoms with Gasteiger partial charge in [0.05, 0.1) is 6.04 Å². The van der Waals surface area contributed by atoms with E-state index in [1.165, 1.54) is 11.3 Å². The Morgan fingerprint density at radius 2 is 1.89 bits per heavy atom. The van der Waals surface area contributed by atoms with Crippen LogP contribution in [0.15, 0.2) is 60.1 Å². The van der Waals surface area contributed by atoms with Crippen molar-refractivity contribution in [3.05, 3.63) is 76.4 Å². The molecule has 0 unspecified atom stereocenters. The van der Waals surface area contributed by atoms with Crippen LogP contribution in [0.4, 0.5) is 5.82 Å². The lowest BCUT2D eigenvalue weighted by molar-refractivity contribution is -0.121. The lowest BCUT2D eigenvalue weighted by atomic mass is 10.1. The number of hydrogen-bond donors (Lipinski definition) is 2. The van der Waals surface area contributed by atoms with Gasteiger partial charge in [-0.3, -0.25) is 9.59 Å². The fourth-order valence-electron chi connectivity index (χ4n) is 2.52. The summed E-state index contributed by atoms with van der Waals surface area (Å²) in [7, 11) is 0. The van der Waals surface area contributed by atoms with Crippen molar-refractivity contribution in [2.45, 2.75) is 25.8 Å². The predicted molar refractivity (Wildman–Crippen MR) is 106 cm³/mol. The van der Waals surface area contributed by atoms with Gasteiger partial charge in [0.1, 0.15) is 16.5 Å². The molecule has 0 spiro atoms. The molecule has 3 aromatic rings. The van der Waals surface area contributed by atoms with Crippen LogP contribution in [-0.4, -0.2) is 21.8 Å². The van der Waals surface area contributed by atoms with E-state index in [-0.39, 0.29) is 17.9 Å². The van der Waals surface area contributed by atoms with Crippen LogP contribution in [0.3, 0.4) is 0 Å². The first-order valence-corrected chi connectivity index (χ1v) is 9.54. The molecule has 0 saturated heterocycles. The van der Waals surface area contributed by atoms with Gasteiger partial charge in [0.15, 0.2) is 0 Å². The van der Waals surface area contributed by atoms with E-state index >= 15 is 0 Å². The molecule has 3 rings (SSSR count). The summed E-state index contributed by atoms with van der Waals surface area (Å²) in [4.78, 5) is 32.9. The molecule has 0 aliphatic rings. The second kappa shape index (κ2) is 9.05. The molecule has 0 radical (unpaired) electrons. The van der Waals surface area contributed by atoms with E-state index in [4.69, 9.17) is 0 Å². The van der Waals surface area contributed by atoms with E-state index in [0.29, 0.717) is 29.4 Å². The Kier molecular flexibility index (Phi) is 6.27. The first-order valence-electron chi connectivity index (χ1n) is 8.66. The Bertz CT molecular complexity index is 897. The average molecular weight is 380 g/mol. The topological polar surface area (TPSA) is 84.0 Å². The zero-order valence-electron chi connectivity index (χ0n) is 14.9. The van der Waals surface area contributed by atoms with Gasteiger partial charge in [-0.05, 0) is 24.1 Å². The number of rotatable bonds is 7. The first-order chi connectivity index (χ1) is 13.2. The minimum absolute atomic E-state index is 0.0504. The molecule has 2 heterocycles. The van der Waals surface area contributed by atoms with Crippen molar-refractivity contribution < 1.29 is 9.59 Å². The van der Waals surface area contributed by atoms with Crippen LogP contribution in [0, 0.1) is 0 Å². The van der Waals surface area contributed by atoms with Gasteiger partial charge >= 0.3 is 0 Å². The van der Waals surface area contributed by atoms with Crippen molar-refractivity contribution in [1.82, 2.24) is 15.3 Å². The van der Waals surface area contributed by atoms with E-state index in [1.54, 1.807) is 29.8 Å². The van der Waals surface area contributed by atoms with Gasteiger partial charge < -0.3 is 10.6 Å². The summed E-state index contributed by atoms with van der Waals surface area (Å²) in [6.45, 7) is 1.81. The molecule has 7 heteroatoms. The minimum Gasteiger partial charge on any atom is -0.347 e. The molecule has 0 saturated carbocycles. The Hall–Kier alpha value is -3.06. The summed E-state index contributed by atoms with van der Waals surface area (Å²) < 4.78 is 0. The molecule has 2 amide bonds. The normalized spacial score (nSPS) is 11.6. The lowest BCUT2D eigenvalue weighted by Crippen LogP contribution is -2.29. The maximum Gasteiger partial charge on any atom is 0.276 e. The third-order valence-electron chi connectivity index (χ3n) is 3.90. The number of nitrogens with zero attached hydrogens (tertiary/aromatic N) is 2. The number of amides is 2. The predicted octanol–water partition coefficient (Wildman–Crippen LogP) is 3.60. The van der Waals surface area contributed by atoms with Gasteiger partial charge in [-0.2, -0.15) is 0 Å². The van der Waals surface area contributed by atoms with Crippen molar-refractivity contribution >= 4 is 29.0 Å². The molecule has 2 aromatic heterocycles. The third-order valence-corrected chi connectivity index (χ3v) is 4.86. The summed E-state index contributed by atoms with van der Waals surface area (Å²) in [5.74, 6) is 0.0965. The van der Waals surface area contributed by atoms with E-state index in [1.807, 2.05) is 37.3 Å². The molecule has 6 nitrogen and oxygen atoms in total. The Morgan fingerprint density at radius 3 is 2.59 bits per heavy atom. The van der Waals surface area contributed by atoms with Crippen LogP contribution in [0.2, 0.25) is 0 Å². The van der Waals surface area contributed by atoms with E-state index < -0.39 is 0 Å². The zero-order valence-corrected chi connectivity index (χ0v) is 15.7. The smallest absolute Gasteiger partial charge is 0.276 e. The Morgan fingerprint density at radius 1 is 1.11 bits per heavy atom. The van der Waals surface area contributed by atoms with Crippen molar-refractivity contribution in [1.29, 1.82) is 0 Å². The number of nitrogens with one attached hydrogen (secondary N) is 2. The number of thiazole rings is 1. The molecule has 0 aliphatic carbocycles. The number of anilines is 1. The fourth-order valence-corrected chi connectivity index (χ4v) is 3.36. The molecular formula is C20H20N4O2S. The molecule has 0 aliphatic heterocycles. The largest absolute Gasteiger partial charge is 0.347 e. The number of carbonyl (C=O) groups excluding carboxylic acids is 2. The van der Waals surface area contributed by atoms with Gasteiger partial charge in [-0.15, -0.1) is 11.3 Å². The lowest BCUT2D eigenvalue weighted by Gasteiger charge is -2.16. The van der Waals surface area contributed by atoms with Crippen molar-refractivity contribution in [2.75, 3.05) is 5.32 Å². The van der Waals surface area contributed by atoms with Crippen LogP contribution in [-0.2, 0) is 11.2 Å². The maximum atomic E-state index is 12.4. The molecule has 2 N–H and O–H groups in total. The van der Waals surface area contributed by atoms with Crippen LogP contribution < -0.4 is 10.6 Å². The average Bonchev–Trinajstić information content (AvgIpc) is 3.19. The third kappa shape index (κ3) is 5.21. The molecule has 1 aromatic carbocycles. The van der Waals surface area contributed by atoms with Gasteiger partial charge in [0.2, 0.25) is 5.91 Å². The van der Waals surface area contributed by atoms with Crippen LogP contribution in [0.25, 0.3) is 0 Å². The number of aromatic nitrogens is 2. The second-order valence-electron chi connectivity index (χ2n) is 5.90. The number of hydrogen-bond acceptors (Lipinski definition) is 5. The molecule has 1 atom stereocenters. The van der Waals surface area contributed by atoms with Crippen molar-refractivity contribution in [3.8, 4) is 0 Å². The summed E-state index contributed by atoms with van der Waals surface area (Å²) in [5.41, 5.74) is 1.40. The monoisotopic (exact) mass is 380 g/mol. The summed E-state index contributed by atoms with van der Waals surface area (Å²) >= 11 is 1.36. The molecular weight excluding hydrogens is 360 g/mol. The second-order valence-corrected chi connectivity index (χ2v) is 6.79. The SMILES string of the molecule is CCC(=O)N[C@@H](Cc1ccccc1)c1nc(C(=O)Nc2ccccn2)cs1. The van der Waals surface area contributed by atoms with Crippen LogP contribution in [0.1, 0.15) is 40.4 Å². The fraction of sp³-hybridized carbons (Fsp3) is 0.200. The number of carbonyl (C=O) groups is 2. The molecule has 0 bridgehead atoms. The van der Waals surface area contributed by atoms with E-state index in [2.05, 4.69) is 20.6 Å². The summed E-state index contributed by atoms with van der Waals surface area (Å²) in [5, 5.41) is 8.12. The van der Waals surface area contributed by atoms with E-state index in [0.717, 1.165) is 5.56 Å². The highest BCUT2D eigenvalue weighted by Crippen LogP contribution is 2.23. The van der Waals surface area contributed by atoms with Gasteiger partial charge in [-0.1, -0.05) is 43.3 Å². The Labute approximate surface area is 161 Å². The highest BCUT2D eigenvalue weighted by molar-refractivity contribution is 7.10. The highest BCUT2D eigenvalue weighted by Gasteiger charge is 2.20. The number of pyridine rings is 1. The van der Waals surface area contributed by atoms with Gasteiger partial charge in [0, 0.05) is 18.0 Å². The first kappa shape index (κ1) is 18.7. The quantitative estimate of drug-likeness (QED) is 0.656. The minimum atomic E-state index is -0.323. The molecule has 0 fully saturated rings. The standard InChI is InChI=1S/C20H20N4O2S/c1-2-18(25)22-15(12-14-8-4-3-5-9-14)20-23-16(13-27-20)19(26)24-17-10-6-7-11-21-17/h3-11,13,15H,2,12H2,1H3,(H,22,25)(H,21,24,26)/t15-/m0/s1.